The second kappa shape index (κ2) is 9.34. The third-order valence-electron chi connectivity index (χ3n) is 5.64. The van der Waals surface area contributed by atoms with Gasteiger partial charge in [0.05, 0.1) is 16.1 Å². The van der Waals surface area contributed by atoms with Crippen LogP contribution in [0.1, 0.15) is 36.2 Å². The lowest BCUT2D eigenvalue weighted by atomic mass is 9.94. The van der Waals surface area contributed by atoms with Crippen molar-refractivity contribution in [2.24, 2.45) is 11.8 Å². The summed E-state index contributed by atoms with van der Waals surface area (Å²) in [5.74, 6) is -0.405. The van der Waals surface area contributed by atoms with Crippen LogP contribution < -0.4 is 10.2 Å². The van der Waals surface area contributed by atoms with Gasteiger partial charge in [-0.3, -0.25) is 4.79 Å². The van der Waals surface area contributed by atoms with Crippen LogP contribution in [-0.4, -0.2) is 45.8 Å². The van der Waals surface area contributed by atoms with Gasteiger partial charge in [0.2, 0.25) is 10.0 Å². The molecule has 1 N–H and O–H groups in total. The molecule has 0 aromatic heterocycles. The summed E-state index contributed by atoms with van der Waals surface area (Å²) in [6.45, 7) is 4.75. The highest BCUT2D eigenvalue weighted by Gasteiger charge is 2.35. The topological polar surface area (TPSA) is 69.7 Å². The molecule has 2 unspecified atom stereocenters. The quantitative estimate of drug-likeness (QED) is 0.670. The van der Waals surface area contributed by atoms with Crippen molar-refractivity contribution < 1.29 is 26.4 Å². The molecule has 1 saturated heterocycles. The summed E-state index contributed by atoms with van der Waals surface area (Å²) in [5, 5.41) is 2.29. The molecular formula is C23H28F3N3O3S. The average Bonchev–Trinajstić information content (AvgIpc) is 2.72. The standard InChI is InChI=1S/C23H28F3N3O3S/c1-15-10-16(2)14-29(13-15)33(31,32)19-7-5-6-17(11-19)22(30)27-21-9-8-18(28(3)4)12-20(21)23(24,25)26/h5-9,11-12,15-16H,10,13-14H2,1-4H3,(H,27,30). The molecule has 0 bridgehead atoms. The lowest BCUT2D eigenvalue weighted by Gasteiger charge is -2.34. The minimum absolute atomic E-state index is 0.0426. The largest absolute Gasteiger partial charge is 0.418 e. The van der Waals surface area contributed by atoms with Crippen molar-refractivity contribution in [3.63, 3.8) is 0 Å². The summed E-state index contributed by atoms with van der Waals surface area (Å²) >= 11 is 0. The fourth-order valence-corrected chi connectivity index (χ4v) is 5.82. The van der Waals surface area contributed by atoms with Gasteiger partial charge in [0.15, 0.2) is 0 Å². The smallest absolute Gasteiger partial charge is 0.378 e. The number of carbonyl (C=O) groups excluding carboxylic acids is 1. The summed E-state index contributed by atoms with van der Waals surface area (Å²) in [5.41, 5.74) is -1.09. The van der Waals surface area contributed by atoms with Crippen LogP contribution in [0.4, 0.5) is 24.5 Å². The Morgan fingerprint density at radius 2 is 1.70 bits per heavy atom. The number of anilines is 2. The number of piperidine rings is 1. The molecule has 6 nitrogen and oxygen atoms in total. The number of hydrogen-bond acceptors (Lipinski definition) is 4. The van der Waals surface area contributed by atoms with E-state index in [1.54, 1.807) is 14.1 Å². The second-order valence-electron chi connectivity index (χ2n) is 8.87. The van der Waals surface area contributed by atoms with Crippen LogP contribution in [0.3, 0.4) is 0 Å². The minimum atomic E-state index is -4.68. The maximum atomic E-state index is 13.6. The first-order valence-electron chi connectivity index (χ1n) is 10.6. The summed E-state index contributed by atoms with van der Waals surface area (Å²) in [6.07, 6.45) is -3.75. The lowest BCUT2D eigenvalue weighted by Crippen LogP contribution is -2.42. The summed E-state index contributed by atoms with van der Waals surface area (Å²) in [6, 6.07) is 8.99. The van der Waals surface area contributed by atoms with E-state index in [1.165, 1.54) is 45.6 Å². The zero-order valence-corrected chi connectivity index (χ0v) is 19.8. The van der Waals surface area contributed by atoms with E-state index in [2.05, 4.69) is 5.32 Å². The van der Waals surface area contributed by atoms with Crippen molar-refractivity contribution in [3.8, 4) is 0 Å². The first kappa shape index (κ1) is 25.0. The molecule has 33 heavy (non-hydrogen) atoms. The van der Waals surface area contributed by atoms with Gasteiger partial charge < -0.3 is 10.2 Å². The van der Waals surface area contributed by atoms with Crippen molar-refractivity contribution in [2.45, 2.75) is 31.3 Å². The van der Waals surface area contributed by atoms with E-state index in [0.29, 0.717) is 18.8 Å². The van der Waals surface area contributed by atoms with Crippen LogP contribution in [0.25, 0.3) is 0 Å². The molecule has 2 aromatic carbocycles. The zero-order chi connectivity index (χ0) is 24.6. The molecule has 1 amide bonds. The van der Waals surface area contributed by atoms with Gasteiger partial charge in [-0.1, -0.05) is 19.9 Å². The number of sulfonamides is 1. The molecule has 2 atom stereocenters. The molecule has 0 aliphatic carbocycles. The molecule has 1 aliphatic rings. The van der Waals surface area contributed by atoms with E-state index in [4.69, 9.17) is 0 Å². The van der Waals surface area contributed by atoms with Gasteiger partial charge in [0.1, 0.15) is 0 Å². The highest BCUT2D eigenvalue weighted by Crippen LogP contribution is 2.37. The zero-order valence-electron chi connectivity index (χ0n) is 19.0. The predicted octanol–water partition coefficient (Wildman–Crippen LogP) is 4.69. The Hall–Kier alpha value is -2.59. The highest BCUT2D eigenvalue weighted by molar-refractivity contribution is 7.89. The van der Waals surface area contributed by atoms with E-state index in [0.717, 1.165) is 12.5 Å². The van der Waals surface area contributed by atoms with Crippen LogP contribution in [0.2, 0.25) is 0 Å². The van der Waals surface area contributed by atoms with Crippen molar-refractivity contribution in [3.05, 3.63) is 53.6 Å². The highest BCUT2D eigenvalue weighted by atomic mass is 32.2. The monoisotopic (exact) mass is 483 g/mol. The number of rotatable bonds is 5. The molecule has 0 saturated carbocycles. The number of nitrogens with zero attached hydrogens (tertiary/aromatic N) is 2. The number of nitrogens with one attached hydrogen (secondary N) is 1. The van der Waals surface area contributed by atoms with Crippen molar-refractivity contribution in [1.82, 2.24) is 4.31 Å². The van der Waals surface area contributed by atoms with Crippen LogP contribution in [0.5, 0.6) is 0 Å². The van der Waals surface area contributed by atoms with Gasteiger partial charge >= 0.3 is 6.18 Å². The Morgan fingerprint density at radius 1 is 1.06 bits per heavy atom. The lowest BCUT2D eigenvalue weighted by molar-refractivity contribution is -0.136. The first-order chi connectivity index (χ1) is 15.3. The molecule has 1 heterocycles. The van der Waals surface area contributed by atoms with Gasteiger partial charge in [0, 0.05) is 38.4 Å². The Balaban J connectivity index is 1.89. The minimum Gasteiger partial charge on any atom is -0.378 e. The Morgan fingerprint density at radius 3 is 2.27 bits per heavy atom. The van der Waals surface area contributed by atoms with Gasteiger partial charge in [-0.05, 0) is 54.7 Å². The fraction of sp³-hybridized carbons (Fsp3) is 0.435. The van der Waals surface area contributed by atoms with Crippen LogP contribution in [-0.2, 0) is 16.2 Å². The van der Waals surface area contributed by atoms with Crippen molar-refractivity contribution in [1.29, 1.82) is 0 Å². The summed E-state index contributed by atoms with van der Waals surface area (Å²) in [7, 11) is -0.606. The normalized spacial score (nSPS) is 19.8. The van der Waals surface area contributed by atoms with E-state index < -0.39 is 33.4 Å². The fourth-order valence-electron chi connectivity index (χ4n) is 4.10. The number of hydrogen-bond donors (Lipinski definition) is 1. The summed E-state index contributed by atoms with van der Waals surface area (Å²) < 4.78 is 68.4. The molecule has 180 valence electrons. The predicted molar refractivity (Wildman–Crippen MR) is 122 cm³/mol. The average molecular weight is 484 g/mol. The number of amides is 1. The van der Waals surface area contributed by atoms with Crippen molar-refractivity contribution in [2.75, 3.05) is 37.4 Å². The molecule has 10 heteroatoms. The van der Waals surface area contributed by atoms with Crippen LogP contribution in [0, 0.1) is 11.8 Å². The maximum absolute atomic E-state index is 13.6. The van der Waals surface area contributed by atoms with E-state index in [-0.39, 0.29) is 22.3 Å². The molecule has 3 rings (SSSR count). The van der Waals surface area contributed by atoms with E-state index >= 15 is 0 Å². The Bertz CT molecular complexity index is 1120. The molecule has 0 spiro atoms. The van der Waals surface area contributed by atoms with Crippen LogP contribution in [0.15, 0.2) is 47.4 Å². The summed E-state index contributed by atoms with van der Waals surface area (Å²) in [4.78, 5) is 14.2. The number of carbonyl (C=O) groups is 1. The molecule has 2 aromatic rings. The van der Waals surface area contributed by atoms with Crippen molar-refractivity contribution >= 4 is 27.3 Å². The van der Waals surface area contributed by atoms with E-state index in [9.17, 15) is 26.4 Å². The number of alkyl halides is 3. The molecule has 1 fully saturated rings. The van der Waals surface area contributed by atoms with Gasteiger partial charge in [-0.25, -0.2) is 8.42 Å². The van der Waals surface area contributed by atoms with E-state index in [1.807, 2.05) is 13.8 Å². The second-order valence-corrected chi connectivity index (χ2v) is 10.8. The third-order valence-corrected chi connectivity index (χ3v) is 7.47. The molecule has 0 radical (unpaired) electrons. The Labute approximate surface area is 192 Å². The van der Waals surface area contributed by atoms with Gasteiger partial charge in [0.25, 0.3) is 5.91 Å². The number of benzene rings is 2. The molecule has 1 aliphatic heterocycles. The number of halogens is 3. The van der Waals surface area contributed by atoms with Gasteiger partial charge in [-0.2, -0.15) is 17.5 Å². The van der Waals surface area contributed by atoms with Crippen LogP contribution >= 0.6 is 0 Å². The SMILES string of the molecule is CC1CC(C)CN(S(=O)(=O)c2cccc(C(=O)Nc3ccc(N(C)C)cc3C(F)(F)F)c2)C1. The maximum Gasteiger partial charge on any atom is 0.418 e. The third kappa shape index (κ3) is 5.67. The first-order valence-corrected chi connectivity index (χ1v) is 12.0. The van der Waals surface area contributed by atoms with Gasteiger partial charge in [-0.15, -0.1) is 0 Å². The molecular weight excluding hydrogens is 455 g/mol. The Kier molecular flexibility index (Phi) is 7.09.